The Balaban J connectivity index is 1.90. The van der Waals surface area contributed by atoms with E-state index in [4.69, 9.17) is 14.2 Å². The molecule has 1 aromatic heterocycles. The van der Waals surface area contributed by atoms with Crippen LogP contribution in [-0.4, -0.2) is 28.8 Å². The zero-order valence-electron chi connectivity index (χ0n) is 16.2. The van der Waals surface area contributed by atoms with Crippen LogP contribution in [0.15, 0.2) is 60.9 Å². The third kappa shape index (κ3) is 4.59. The Bertz CT molecular complexity index is 1120. The minimum atomic E-state index is -1.12. The van der Waals surface area contributed by atoms with E-state index in [-0.39, 0.29) is 23.3 Å². The Hall–Kier alpha value is -4.25. The van der Waals surface area contributed by atoms with Gasteiger partial charge in [-0.3, -0.25) is 9.59 Å². The topological polar surface area (TPSA) is 111 Å². The first-order valence-corrected chi connectivity index (χ1v) is 8.87. The van der Waals surface area contributed by atoms with E-state index in [1.807, 2.05) is 6.07 Å². The number of hydrogen-bond acceptors (Lipinski definition) is 8. The number of benzene rings is 2. The summed E-state index contributed by atoms with van der Waals surface area (Å²) in [4.78, 5) is 32.2. The van der Waals surface area contributed by atoms with Gasteiger partial charge in [-0.15, -0.1) is 0 Å². The molecule has 1 heterocycles. The monoisotopic (exact) mass is 403 g/mol. The number of Topliss-reactive ketones (excluding diaryl/α,β-unsaturated/α-hetero) is 1. The van der Waals surface area contributed by atoms with Crippen LogP contribution in [0.3, 0.4) is 0 Å². The highest BCUT2D eigenvalue weighted by Gasteiger charge is 2.29. The molecule has 150 valence electrons. The van der Waals surface area contributed by atoms with Crippen molar-refractivity contribution in [2.24, 2.45) is 0 Å². The van der Waals surface area contributed by atoms with Crippen molar-refractivity contribution in [2.75, 3.05) is 7.11 Å². The third-order valence-electron chi connectivity index (χ3n) is 4.13. The van der Waals surface area contributed by atoms with Crippen LogP contribution in [0.1, 0.15) is 24.0 Å². The molecule has 0 amide bonds. The van der Waals surface area contributed by atoms with Crippen molar-refractivity contribution in [1.29, 1.82) is 5.26 Å². The van der Waals surface area contributed by atoms with Gasteiger partial charge in [0.2, 0.25) is 11.8 Å². The minimum absolute atomic E-state index is 0.133. The standard InChI is InChI=1S/C22H17N3O5/c1-14(26)21(22(27)28-2)16-8-4-6-10-18(16)30-20-11-19(24-13-25-20)29-17-9-5-3-7-15(17)12-23/h3-11,13,21H,1-2H3. The SMILES string of the molecule is COC(=O)C(C(C)=O)c1ccccc1Oc1cc(Oc2ccccc2C#N)ncn1. The van der Waals surface area contributed by atoms with Crippen LogP contribution in [0.5, 0.6) is 23.3 Å². The van der Waals surface area contributed by atoms with Crippen molar-refractivity contribution in [3.05, 3.63) is 72.1 Å². The number of ether oxygens (including phenoxy) is 3. The number of esters is 1. The van der Waals surface area contributed by atoms with E-state index in [1.54, 1.807) is 48.5 Å². The second-order valence-electron chi connectivity index (χ2n) is 6.11. The number of para-hydroxylation sites is 2. The first-order valence-electron chi connectivity index (χ1n) is 8.87. The molecular weight excluding hydrogens is 386 g/mol. The molecule has 0 spiro atoms. The average molecular weight is 403 g/mol. The maximum Gasteiger partial charge on any atom is 0.320 e. The number of carbonyl (C=O) groups is 2. The summed E-state index contributed by atoms with van der Waals surface area (Å²) < 4.78 is 16.2. The van der Waals surface area contributed by atoms with E-state index in [1.165, 1.54) is 26.4 Å². The molecule has 1 unspecified atom stereocenters. The van der Waals surface area contributed by atoms with E-state index in [0.717, 1.165) is 0 Å². The van der Waals surface area contributed by atoms with Crippen molar-refractivity contribution < 1.29 is 23.8 Å². The number of hydrogen-bond donors (Lipinski definition) is 0. The predicted molar refractivity (Wildman–Crippen MR) is 105 cm³/mol. The number of methoxy groups -OCH3 is 1. The van der Waals surface area contributed by atoms with Gasteiger partial charge >= 0.3 is 5.97 Å². The van der Waals surface area contributed by atoms with Gasteiger partial charge in [0.05, 0.1) is 18.7 Å². The van der Waals surface area contributed by atoms with Gasteiger partial charge in [-0.25, -0.2) is 9.97 Å². The smallest absolute Gasteiger partial charge is 0.320 e. The van der Waals surface area contributed by atoms with E-state index in [9.17, 15) is 14.9 Å². The van der Waals surface area contributed by atoms with Gasteiger partial charge in [0.15, 0.2) is 0 Å². The van der Waals surface area contributed by atoms with Crippen molar-refractivity contribution >= 4 is 11.8 Å². The van der Waals surface area contributed by atoms with Gasteiger partial charge in [0, 0.05) is 5.56 Å². The molecule has 0 N–H and O–H groups in total. The third-order valence-corrected chi connectivity index (χ3v) is 4.13. The lowest BCUT2D eigenvalue weighted by Gasteiger charge is -2.16. The quantitative estimate of drug-likeness (QED) is 0.433. The highest BCUT2D eigenvalue weighted by Crippen LogP contribution is 2.32. The Labute approximate surface area is 172 Å². The van der Waals surface area contributed by atoms with Crippen molar-refractivity contribution in [1.82, 2.24) is 9.97 Å². The summed E-state index contributed by atoms with van der Waals surface area (Å²) in [5.74, 6) is -1.27. The van der Waals surface area contributed by atoms with Gasteiger partial charge in [-0.2, -0.15) is 5.26 Å². The minimum Gasteiger partial charge on any atom is -0.468 e. The molecule has 0 aliphatic carbocycles. The second kappa shape index (κ2) is 9.30. The highest BCUT2D eigenvalue weighted by atomic mass is 16.5. The summed E-state index contributed by atoms with van der Waals surface area (Å²) in [5, 5.41) is 9.19. The van der Waals surface area contributed by atoms with E-state index < -0.39 is 11.9 Å². The van der Waals surface area contributed by atoms with Gasteiger partial charge in [-0.05, 0) is 25.1 Å². The Morgan fingerprint density at radius 1 is 0.967 bits per heavy atom. The summed E-state index contributed by atoms with van der Waals surface area (Å²) in [6.07, 6.45) is 1.24. The zero-order valence-corrected chi connectivity index (χ0v) is 16.2. The molecule has 0 saturated carbocycles. The second-order valence-corrected chi connectivity index (χ2v) is 6.11. The fourth-order valence-electron chi connectivity index (χ4n) is 2.75. The van der Waals surface area contributed by atoms with E-state index in [2.05, 4.69) is 9.97 Å². The molecule has 0 aliphatic heterocycles. The molecule has 8 heteroatoms. The van der Waals surface area contributed by atoms with Crippen molar-refractivity contribution in [3.63, 3.8) is 0 Å². The summed E-state index contributed by atoms with van der Waals surface area (Å²) >= 11 is 0. The number of aromatic nitrogens is 2. The van der Waals surface area contributed by atoms with Crippen LogP contribution in [-0.2, 0) is 14.3 Å². The number of nitrogens with zero attached hydrogens (tertiary/aromatic N) is 3. The maximum absolute atomic E-state index is 12.1. The maximum atomic E-state index is 12.1. The largest absolute Gasteiger partial charge is 0.468 e. The molecule has 0 saturated heterocycles. The summed E-state index contributed by atoms with van der Waals surface area (Å²) in [6.45, 7) is 1.31. The fourth-order valence-corrected chi connectivity index (χ4v) is 2.75. The van der Waals surface area contributed by atoms with E-state index >= 15 is 0 Å². The molecule has 3 rings (SSSR count). The molecule has 30 heavy (non-hydrogen) atoms. The van der Waals surface area contributed by atoms with Crippen LogP contribution >= 0.6 is 0 Å². The molecule has 0 bridgehead atoms. The summed E-state index contributed by atoms with van der Waals surface area (Å²) in [5.41, 5.74) is 0.707. The fraction of sp³-hybridized carbons (Fsp3) is 0.136. The Kier molecular flexibility index (Phi) is 6.35. The zero-order chi connectivity index (χ0) is 21.5. The first kappa shape index (κ1) is 20.5. The van der Waals surface area contributed by atoms with Gasteiger partial charge in [0.25, 0.3) is 0 Å². The molecule has 8 nitrogen and oxygen atoms in total. The van der Waals surface area contributed by atoms with Gasteiger partial charge in [-0.1, -0.05) is 30.3 Å². The van der Waals surface area contributed by atoms with Crippen LogP contribution in [0.4, 0.5) is 0 Å². The molecule has 1 atom stereocenters. The van der Waals surface area contributed by atoms with E-state index in [0.29, 0.717) is 16.9 Å². The number of ketones is 1. The van der Waals surface area contributed by atoms with Crippen molar-refractivity contribution in [3.8, 4) is 29.3 Å². The number of carbonyl (C=O) groups excluding carboxylic acids is 2. The molecule has 0 radical (unpaired) electrons. The normalized spacial score (nSPS) is 11.1. The highest BCUT2D eigenvalue weighted by molar-refractivity contribution is 6.03. The van der Waals surface area contributed by atoms with Crippen LogP contribution in [0.2, 0.25) is 0 Å². The first-order chi connectivity index (χ1) is 14.5. The lowest BCUT2D eigenvalue weighted by molar-refractivity contribution is -0.145. The summed E-state index contributed by atoms with van der Waals surface area (Å²) in [7, 11) is 1.22. The Morgan fingerprint density at radius 3 is 2.20 bits per heavy atom. The van der Waals surface area contributed by atoms with Crippen LogP contribution in [0.25, 0.3) is 0 Å². The van der Waals surface area contributed by atoms with Crippen molar-refractivity contribution in [2.45, 2.75) is 12.8 Å². The van der Waals surface area contributed by atoms with Crippen LogP contribution in [0, 0.1) is 11.3 Å². The molecule has 0 fully saturated rings. The molecule has 0 aliphatic rings. The van der Waals surface area contributed by atoms with Gasteiger partial charge in [0.1, 0.15) is 35.6 Å². The average Bonchev–Trinajstić information content (AvgIpc) is 2.75. The molecular formula is C22H17N3O5. The summed E-state index contributed by atoms with van der Waals surface area (Å²) in [6, 6.07) is 16.8. The Morgan fingerprint density at radius 2 is 1.57 bits per heavy atom. The lowest BCUT2D eigenvalue weighted by atomic mass is 9.94. The van der Waals surface area contributed by atoms with Gasteiger partial charge < -0.3 is 14.2 Å². The number of nitriles is 1. The number of rotatable bonds is 7. The predicted octanol–water partition coefficient (Wildman–Crippen LogP) is 3.78. The van der Waals surface area contributed by atoms with Crippen LogP contribution < -0.4 is 9.47 Å². The lowest BCUT2D eigenvalue weighted by Crippen LogP contribution is -2.21. The molecule has 2 aromatic carbocycles. The molecule has 3 aromatic rings.